The Morgan fingerprint density at radius 3 is 2.89 bits per heavy atom. The van der Waals surface area contributed by atoms with Crippen molar-refractivity contribution in [2.75, 3.05) is 20.3 Å². The van der Waals surface area contributed by atoms with Crippen LogP contribution in [0.5, 0.6) is 5.75 Å². The van der Waals surface area contributed by atoms with Crippen LogP contribution in [0.25, 0.3) is 0 Å². The number of carbonyl (C=O) groups excluding carboxylic acids is 1. The zero-order valence-electron chi connectivity index (χ0n) is 11.3. The van der Waals surface area contributed by atoms with E-state index in [0.717, 1.165) is 6.42 Å². The van der Waals surface area contributed by atoms with Gasteiger partial charge in [-0.1, -0.05) is 24.6 Å². The molecule has 106 valence electrons. The van der Waals surface area contributed by atoms with Gasteiger partial charge in [-0.2, -0.15) is 0 Å². The van der Waals surface area contributed by atoms with Crippen LogP contribution in [0.2, 0.25) is 5.02 Å². The third kappa shape index (κ3) is 5.94. The van der Waals surface area contributed by atoms with Gasteiger partial charge >= 0.3 is 0 Å². The lowest BCUT2D eigenvalue weighted by Crippen LogP contribution is -2.38. The van der Waals surface area contributed by atoms with Crippen LogP contribution in [0.4, 0.5) is 0 Å². The molecule has 1 aromatic carbocycles. The molecule has 0 unspecified atom stereocenters. The van der Waals surface area contributed by atoms with E-state index < -0.39 is 6.10 Å². The first-order valence-electron chi connectivity index (χ1n) is 6.36. The number of rotatable bonds is 8. The van der Waals surface area contributed by atoms with Crippen LogP contribution in [-0.2, 0) is 9.53 Å². The maximum Gasteiger partial charge on any atom is 0.261 e. The van der Waals surface area contributed by atoms with Crippen LogP contribution in [0.1, 0.15) is 19.8 Å². The number of carbonyl (C=O) groups is 1. The van der Waals surface area contributed by atoms with Gasteiger partial charge in [0, 0.05) is 25.3 Å². The summed E-state index contributed by atoms with van der Waals surface area (Å²) in [7, 11) is 1.64. The highest BCUT2D eigenvalue weighted by atomic mass is 35.5. The van der Waals surface area contributed by atoms with Crippen LogP contribution in [0.15, 0.2) is 24.3 Å². The summed E-state index contributed by atoms with van der Waals surface area (Å²) in [6.07, 6.45) is 0.888. The zero-order chi connectivity index (χ0) is 14.1. The van der Waals surface area contributed by atoms with Crippen molar-refractivity contribution >= 4 is 17.5 Å². The molecule has 0 bridgehead atoms. The van der Waals surface area contributed by atoms with Crippen molar-refractivity contribution in [3.05, 3.63) is 29.3 Å². The highest BCUT2D eigenvalue weighted by Gasteiger charge is 2.17. The van der Waals surface area contributed by atoms with E-state index in [9.17, 15) is 4.79 Å². The second kappa shape index (κ2) is 8.77. The molecule has 0 radical (unpaired) electrons. The topological polar surface area (TPSA) is 47.6 Å². The van der Waals surface area contributed by atoms with E-state index in [0.29, 0.717) is 30.3 Å². The predicted octanol–water partition coefficient (Wildman–Crippen LogP) is 2.65. The van der Waals surface area contributed by atoms with Gasteiger partial charge in [0.2, 0.25) is 0 Å². The number of halogens is 1. The highest BCUT2D eigenvalue weighted by Crippen LogP contribution is 2.19. The molecule has 1 N–H and O–H groups in total. The monoisotopic (exact) mass is 285 g/mol. The van der Waals surface area contributed by atoms with Crippen molar-refractivity contribution in [1.82, 2.24) is 5.32 Å². The normalized spacial score (nSPS) is 11.9. The van der Waals surface area contributed by atoms with Crippen molar-refractivity contribution in [1.29, 1.82) is 0 Å². The van der Waals surface area contributed by atoms with Crippen LogP contribution in [-0.4, -0.2) is 32.3 Å². The third-order valence-electron chi connectivity index (χ3n) is 2.56. The Labute approximate surface area is 119 Å². The standard InChI is InChI=1S/C14H20ClNO3/c1-3-13(14(17)16-8-5-9-18-2)19-12-7-4-6-11(15)10-12/h4,6-7,10,13H,3,5,8-9H2,1-2H3,(H,16,17)/t13-/m0/s1. The molecule has 5 heteroatoms. The molecule has 19 heavy (non-hydrogen) atoms. The summed E-state index contributed by atoms with van der Waals surface area (Å²) in [6, 6.07) is 7.04. The fourth-order valence-electron chi connectivity index (χ4n) is 1.57. The first kappa shape index (κ1) is 15.8. The van der Waals surface area contributed by atoms with E-state index in [-0.39, 0.29) is 5.91 Å². The second-order valence-corrected chi connectivity index (χ2v) is 4.55. The SMILES string of the molecule is CC[C@H](Oc1cccc(Cl)c1)C(=O)NCCCOC. The number of amides is 1. The largest absolute Gasteiger partial charge is 0.481 e. The maximum absolute atomic E-state index is 11.9. The summed E-state index contributed by atoms with van der Waals surface area (Å²) in [5, 5.41) is 3.42. The van der Waals surface area contributed by atoms with E-state index in [1.165, 1.54) is 0 Å². The van der Waals surface area contributed by atoms with E-state index >= 15 is 0 Å². The fraction of sp³-hybridized carbons (Fsp3) is 0.500. The lowest BCUT2D eigenvalue weighted by Gasteiger charge is -2.17. The van der Waals surface area contributed by atoms with Gasteiger partial charge in [0.05, 0.1) is 0 Å². The molecule has 0 aromatic heterocycles. The first-order chi connectivity index (χ1) is 9.17. The van der Waals surface area contributed by atoms with Gasteiger partial charge in [-0.25, -0.2) is 0 Å². The molecule has 0 spiro atoms. The van der Waals surface area contributed by atoms with Gasteiger partial charge in [-0.05, 0) is 31.0 Å². The lowest BCUT2D eigenvalue weighted by atomic mass is 10.2. The van der Waals surface area contributed by atoms with Gasteiger partial charge in [0.15, 0.2) is 6.10 Å². The molecule has 0 fully saturated rings. The molecule has 1 amide bonds. The van der Waals surface area contributed by atoms with Crippen LogP contribution < -0.4 is 10.1 Å². The number of hydrogen-bond acceptors (Lipinski definition) is 3. The van der Waals surface area contributed by atoms with Crippen LogP contribution >= 0.6 is 11.6 Å². The van der Waals surface area contributed by atoms with Crippen molar-refractivity contribution in [3.63, 3.8) is 0 Å². The van der Waals surface area contributed by atoms with Crippen LogP contribution in [0, 0.1) is 0 Å². The van der Waals surface area contributed by atoms with E-state index in [2.05, 4.69) is 5.32 Å². The Balaban J connectivity index is 2.46. The quantitative estimate of drug-likeness (QED) is 0.747. The van der Waals surface area contributed by atoms with Gasteiger partial charge < -0.3 is 14.8 Å². The van der Waals surface area contributed by atoms with Crippen molar-refractivity contribution in [2.45, 2.75) is 25.9 Å². The number of methoxy groups -OCH3 is 1. The Morgan fingerprint density at radius 1 is 1.47 bits per heavy atom. The number of ether oxygens (including phenoxy) is 2. The summed E-state index contributed by atoms with van der Waals surface area (Å²) in [5.41, 5.74) is 0. The lowest BCUT2D eigenvalue weighted by molar-refractivity contribution is -0.128. The molecule has 0 heterocycles. The van der Waals surface area contributed by atoms with E-state index in [1.807, 2.05) is 6.92 Å². The van der Waals surface area contributed by atoms with Crippen molar-refractivity contribution in [2.24, 2.45) is 0 Å². The molecule has 0 aliphatic heterocycles. The fourth-order valence-corrected chi connectivity index (χ4v) is 1.75. The van der Waals surface area contributed by atoms with Gasteiger partial charge in [0.1, 0.15) is 5.75 Å². The van der Waals surface area contributed by atoms with Crippen molar-refractivity contribution < 1.29 is 14.3 Å². The van der Waals surface area contributed by atoms with E-state index in [1.54, 1.807) is 31.4 Å². The van der Waals surface area contributed by atoms with Gasteiger partial charge in [-0.3, -0.25) is 4.79 Å². The molecule has 1 aromatic rings. The molecule has 0 saturated heterocycles. The minimum atomic E-state index is -0.499. The third-order valence-corrected chi connectivity index (χ3v) is 2.80. The highest BCUT2D eigenvalue weighted by molar-refractivity contribution is 6.30. The van der Waals surface area contributed by atoms with Crippen LogP contribution in [0.3, 0.4) is 0 Å². The van der Waals surface area contributed by atoms with E-state index in [4.69, 9.17) is 21.1 Å². The Hall–Kier alpha value is -1.26. The Kier molecular flexibility index (Phi) is 7.30. The zero-order valence-corrected chi connectivity index (χ0v) is 12.1. The molecule has 0 aliphatic rings. The minimum Gasteiger partial charge on any atom is -0.481 e. The Morgan fingerprint density at radius 2 is 2.26 bits per heavy atom. The Bertz CT molecular complexity index is 398. The average molecular weight is 286 g/mol. The molecule has 4 nitrogen and oxygen atoms in total. The minimum absolute atomic E-state index is 0.112. The molecule has 0 saturated carbocycles. The first-order valence-corrected chi connectivity index (χ1v) is 6.74. The number of benzene rings is 1. The molecule has 1 rings (SSSR count). The smallest absolute Gasteiger partial charge is 0.261 e. The maximum atomic E-state index is 11.9. The number of nitrogens with one attached hydrogen (secondary N) is 1. The van der Waals surface area contributed by atoms with Crippen molar-refractivity contribution in [3.8, 4) is 5.75 Å². The summed E-state index contributed by atoms with van der Waals surface area (Å²) < 4.78 is 10.6. The second-order valence-electron chi connectivity index (χ2n) is 4.11. The average Bonchev–Trinajstić information content (AvgIpc) is 2.41. The summed E-state index contributed by atoms with van der Waals surface area (Å²) in [5.74, 6) is 0.491. The predicted molar refractivity (Wildman–Crippen MR) is 75.7 cm³/mol. The molecular weight excluding hydrogens is 266 g/mol. The summed E-state index contributed by atoms with van der Waals surface area (Å²) in [6.45, 7) is 3.12. The molecular formula is C14H20ClNO3. The van der Waals surface area contributed by atoms with Gasteiger partial charge in [0.25, 0.3) is 5.91 Å². The summed E-state index contributed by atoms with van der Waals surface area (Å²) in [4.78, 5) is 11.9. The number of hydrogen-bond donors (Lipinski definition) is 1. The summed E-state index contributed by atoms with van der Waals surface area (Å²) >= 11 is 5.87. The van der Waals surface area contributed by atoms with Gasteiger partial charge in [-0.15, -0.1) is 0 Å². The molecule has 0 aliphatic carbocycles. The molecule has 1 atom stereocenters.